The van der Waals surface area contributed by atoms with E-state index < -0.39 is 5.60 Å². The van der Waals surface area contributed by atoms with Crippen LogP contribution in [0.4, 0.5) is 0 Å². The SMILES string of the molecule is Cn1cc(I)c(-c2noc(C(C)(C)O)n2)n1. The molecule has 2 aromatic heterocycles. The molecule has 1 N–H and O–H groups in total. The van der Waals surface area contributed by atoms with E-state index in [2.05, 4.69) is 37.8 Å². The molecule has 0 spiro atoms. The summed E-state index contributed by atoms with van der Waals surface area (Å²) < 4.78 is 7.60. The summed E-state index contributed by atoms with van der Waals surface area (Å²) in [6.07, 6.45) is 1.86. The smallest absolute Gasteiger partial charge is 0.258 e. The van der Waals surface area contributed by atoms with Gasteiger partial charge in [0.15, 0.2) is 0 Å². The fourth-order valence-electron chi connectivity index (χ4n) is 1.18. The Morgan fingerprint density at radius 1 is 1.50 bits per heavy atom. The minimum Gasteiger partial charge on any atom is -0.381 e. The summed E-state index contributed by atoms with van der Waals surface area (Å²) >= 11 is 2.15. The van der Waals surface area contributed by atoms with Crippen LogP contribution in [0.25, 0.3) is 11.5 Å². The molecule has 0 amide bonds. The first-order chi connectivity index (χ1) is 7.38. The molecule has 0 aliphatic rings. The Bertz CT molecular complexity index is 512. The number of hydrogen-bond donors (Lipinski definition) is 1. The van der Waals surface area contributed by atoms with Crippen LogP contribution in [0.15, 0.2) is 10.7 Å². The molecule has 6 nitrogen and oxygen atoms in total. The average Bonchev–Trinajstić information content (AvgIpc) is 2.70. The van der Waals surface area contributed by atoms with E-state index in [4.69, 9.17) is 4.52 Å². The van der Waals surface area contributed by atoms with Gasteiger partial charge in [-0.1, -0.05) is 5.16 Å². The summed E-state index contributed by atoms with van der Waals surface area (Å²) in [6.45, 7) is 3.18. The molecule has 2 rings (SSSR count). The van der Waals surface area contributed by atoms with Crippen molar-refractivity contribution in [2.24, 2.45) is 7.05 Å². The van der Waals surface area contributed by atoms with Gasteiger partial charge in [0.05, 0.1) is 3.57 Å². The number of aryl methyl sites for hydroxylation is 1. The van der Waals surface area contributed by atoms with Crippen molar-refractivity contribution in [2.45, 2.75) is 19.4 Å². The van der Waals surface area contributed by atoms with E-state index in [1.54, 1.807) is 18.5 Å². The van der Waals surface area contributed by atoms with Crippen LogP contribution in [0.2, 0.25) is 0 Å². The van der Waals surface area contributed by atoms with Gasteiger partial charge in [-0.3, -0.25) is 4.68 Å². The molecule has 0 bridgehead atoms. The second kappa shape index (κ2) is 3.81. The van der Waals surface area contributed by atoms with Gasteiger partial charge in [-0.2, -0.15) is 10.1 Å². The normalized spacial score (nSPS) is 12.1. The highest BCUT2D eigenvalue weighted by Gasteiger charge is 2.25. The van der Waals surface area contributed by atoms with E-state index in [9.17, 15) is 5.11 Å². The molecular weight excluding hydrogens is 323 g/mol. The third-order valence-corrected chi connectivity index (χ3v) is 2.73. The second-order valence-corrected chi connectivity index (χ2v) is 5.14. The highest BCUT2D eigenvalue weighted by atomic mass is 127. The zero-order chi connectivity index (χ0) is 11.9. The number of aromatic nitrogens is 4. The van der Waals surface area contributed by atoms with Gasteiger partial charge in [0.25, 0.3) is 5.89 Å². The van der Waals surface area contributed by atoms with Crippen LogP contribution in [0.5, 0.6) is 0 Å². The van der Waals surface area contributed by atoms with Crippen molar-refractivity contribution in [3.05, 3.63) is 15.7 Å². The van der Waals surface area contributed by atoms with Crippen LogP contribution in [-0.2, 0) is 12.6 Å². The van der Waals surface area contributed by atoms with Gasteiger partial charge in [0.2, 0.25) is 5.82 Å². The molecular formula is C9H11IN4O2. The van der Waals surface area contributed by atoms with Crippen LogP contribution in [0.3, 0.4) is 0 Å². The van der Waals surface area contributed by atoms with E-state index >= 15 is 0 Å². The van der Waals surface area contributed by atoms with Crippen LogP contribution in [0.1, 0.15) is 19.7 Å². The molecule has 0 unspecified atom stereocenters. The molecule has 0 radical (unpaired) electrons. The standard InChI is InChI=1S/C9H11IN4O2/c1-9(2,15)8-11-7(13-16-8)6-5(10)4-14(3)12-6/h4,15H,1-3H3. The van der Waals surface area contributed by atoms with E-state index in [1.807, 2.05) is 13.2 Å². The Labute approximate surface area is 106 Å². The van der Waals surface area contributed by atoms with Crippen LogP contribution < -0.4 is 0 Å². The Hall–Kier alpha value is -0.960. The van der Waals surface area contributed by atoms with Crippen molar-refractivity contribution in [2.75, 3.05) is 0 Å². The average molecular weight is 334 g/mol. The molecule has 2 aromatic rings. The van der Waals surface area contributed by atoms with Crippen molar-refractivity contribution in [1.82, 2.24) is 19.9 Å². The zero-order valence-corrected chi connectivity index (χ0v) is 11.3. The third kappa shape index (κ3) is 2.09. The van der Waals surface area contributed by atoms with Gasteiger partial charge in [-0.15, -0.1) is 0 Å². The zero-order valence-electron chi connectivity index (χ0n) is 9.10. The molecule has 2 heterocycles. The van der Waals surface area contributed by atoms with Gasteiger partial charge >= 0.3 is 0 Å². The fourth-order valence-corrected chi connectivity index (χ4v) is 1.93. The maximum absolute atomic E-state index is 9.70. The van der Waals surface area contributed by atoms with E-state index in [0.29, 0.717) is 11.5 Å². The summed E-state index contributed by atoms with van der Waals surface area (Å²) in [5, 5.41) is 17.7. The maximum Gasteiger partial charge on any atom is 0.258 e. The minimum absolute atomic E-state index is 0.184. The first kappa shape index (κ1) is 11.5. The predicted molar refractivity (Wildman–Crippen MR) is 64.5 cm³/mol. The largest absolute Gasteiger partial charge is 0.381 e. The Morgan fingerprint density at radius 3 is 2.62 bits per heavy atom. The van der Waals surface area contributed by atoms with Gasteiger partial charge in [-0.05, 0) is 36.4 Å². The summed E-state index contributed by atoms with van der Waals surface area (Å²) in [5.74, 6) is 0.575. The molecule has 0 atom stereocenters. The number of hydrogen-bond acceptors (Lipinski definition) is 5. The topological polar surface area (TPSA) is 77.0 Å². The summed E-state index contributed by atoms with van der Waals surface area (Å²) in [7, 11) is 1.82. The molecule has 0 saturated heterocycles. The summed E-state index contributed by atoms with van der Waals surface area (Å²) in [6, 6.07) is 0. The van der Waals surface area contributed by atoms with Crippen LogP contribution in [-0.4, -0.2) is 25.0 Å². The number of rotatable bonds is 2. The predicted octanol–water partition coefficient (Wildman–Crippen LogP) is 1.30. The number of nitrogens with zero attached hydrogens (tertiary/aromatic N) is 4. The summed E-state index contributed by atoms with van der Waals surface area (Å²) in [5.41, 5.74) is -0.479. The van der Waals surface area contributed by atoms with Crippen molar-refractivity contribution < 1.29 is 9.63 Å². The maximum atomic E-state index is 9.70. The van der Waals surface area contributed by atoms with Crippen molar-refractivity contribution >= 4 is 22.6 Å². The van der Waals surface area contributed by atoms with E-state index in [-0.39, 0.29) is 5.89 Å². The minimum atomic E-state index is -1.13. The molecule has 0 aliphatic carbocycles. The molecule has 0 aliphatic heterocycles. The van der Waals surface area contributed by atoms with Gasteiger partial charge in [0.1, 0.15) is 11.3 Å². The third-order valence-electron chi connectivity index (χ3n) is 1.95. The molecule has 7 heteroatoms. The monoisotopic (exact) mass is 334 g/mol. The molecule has 0 saturated carbocycles. The van der Waals surface area contributed by atoms with Gasteiger partial charge < -0.3 is 9.63 Å². The quantitative estimate of drug-likeness (QED) is 0.838. The Kier molecular flexibility index (Phi) is 2.74. The lowest BCUT2D eigenvalue weighted by molar-refractivity contribution is 0.0420. The highest BCUT2D eigenvalue weighted by molar-refractivity contribution is 14.1. The second-order valence-electron chi connectivity index (χ2n) is 3.98. The lowest BCUT2D eigenvalue weighted by atomic mass is 10.1. The van der Waals surface area contributed by atoms with Crippen LogP contribution >= 0.6 is 22.6 Å². The lowest BCUT2D eigenvalue weighted by Crippen LogP contribution is -2.15. The summed E-state index contributed by atoms with van der Waals surface area (Å²) in [4.78, 5) is 4.12. The molecule has 0 fully saturated rings. The van der Waals surface area contributed by atoms with Crippen LogP contribution in [0, 0.1) is 3.57 Å². The Morgan fingerprint density at radius 2 is 2.19 bits per heavy atom. The molecule has 86 valence electrons. The lowest BCUT2D eigenvalue weighted by Gasteiger charge is -2.09. The number of halogens is 1. The molecule has 16 heavy (non-hydrogen) atoms. The van der Waals surface area contributed by atoms with Gasteiger partial charge in [0, 0.05) is 13.2 Å². The highest BCUT2D eigenvalue weighted by Crippen LogP contribution is 2.24. The van der Waals surface area contributed by atoms with E-state index in [1.165, 1.54) is 0 Å². The van der Waals surface area contributed by atoms with Gasteiger partial charge in [-0.25, -0.2) is 0 Å². The first-order valence-corrected chi connectivity index (χ1v) is 5.72. The fraction of sp³-hybridized carbons (Fsp3) is 0.444. The van der Waals surface area contributed by atoms with Crippen molar-refractivity contribution in [3.63, 3.8) is 0 Å². The van der Waals surface area contributed by atoms with Crippen molar-refractivity contribution in [1.29, 1.82) is 0 Å². The first-order valence-electron chi connectivity index (χ1n) is 4.64. The van der Waals surface area contributed by atoms with Crippen molar-refractivity contribution in [3.8, 4) is 11.5 Å². The Balaban J connectivity index is 2.43. The number of aliphatic hydroxyl groups is 1. The van der Waals surface area contributed by atoms with E-state index in [0.717, 1.165) is 3.57 Å². The molecule has 0 aromatic carbocycles.